The Morgan fingerprint density at radius 3 is 2.82 bits per heavy atom. The molecule has 2 aliphatic heterocycles. The maximum atomic E-state index is 11.9. The molecule has 22 heavy (non-hydrogen) atoms. The molecule has 118 valence electrons. The molecule has 2 saturated heterocycles. The number of rotatable bonds is 5. The van der Waals surface area contributed by atoms with Crippen molar-refractivity contribution in [2.45, 2.75) is 6.42 Å². The predicted octanol–water partition coefficient (Wildman–Crippen LogP) is 1.80. The van der Waals surface area contributed by atoms with Gasteiger partial charge in [0, 0.05) is 37.6 Å². The summed E-state index contributed by atoms with van der Waals surface area (Å²) < 4.78 is 0. The minimum atomic E-state index is -0.0472. The van der Waals surface area contributed by atoms with Gasteiger partial charge < -0.3 is 15.1 Å². The van der Waals surface area contributed by atoms with Crippen molar-refractivity contribution in [2.24, 2.45) is 5.92 Å². The van der Waals surface area contributed by atoms with Gasteiger partial charge in [-0.25, -0.2) is 0 Å². The van der Waals surface area contributed by atoms with Gasteiger partial charge >= 0.3 is 0 Å². The van der Waals surface area contributed by atoms with Crippen LogP contribution in [0.1, 0.15) is 6.42 Å². The number of para-hydroxylation sites is 1. The first-order valence-electron chi connectivity index (χ1n) is 7.71. The summed E-state index contributed by atoms with van der Waals surface area (Å²) >= 11 is 1.29. The first kappa shape index (κ1) is 15.2. The van der Waals surface area contributed by atoms with Crippen LogP contribution < -0.4 is 10.2 Å². The van der Waals surface area contributed by atoms with Gasteiger partial charge in [0.1, 0.15) is 6.54 Å². The van der Waals surface area contributed by atoms with E-state index in [-0.39, 0.29) is 17.7 Å². The van der Waals surface area contributed by atoms with Crippen LogP contribution in [0.2, 0.25) is 0 Å². The highest BCUT2D eigenvalue weighted by Crippen LogP contribution is 2.23. The average molecular weight is 319 g/mol. The molecule has 0 radical (unpaired) electrons. The molecule has 2 fully saturated rings. The van der Waals surface area contributed by atoms with Crippen LogP contribution in [0.25, 0.3) is 0 Å². The number of thioether (sulfide) groups is 1. The fourth-order valence-corrected chi connectivity index (χ4v) is 3.75. The molecule has 3 rings (SSSR count). The van der Waals surface area contributed by atoms with Gasteiger partial charge in [0.05, 0.1) is 0 Å². The summed E-state index contributed by atoms with van der Waals surface area (Å²) in [6, 6.07) is 10.4. The smallest absolute Gasteiger partial charge is 0.282 e. The lowest BCUT2D eigenvalue weighted by atomic mass is 10.1. The second-order valence-corrected chi connectivity index (χ2v) is 6.82. The van der Waals surface area contributed by atoms with E-state index in [0.717, 1.165) is 25.3 Å². The van der Waals surface area contributed by atoms with Gasteiger partial charge in [-0.05, 0) is 24.5 Å². The minimum Gasteiger partial charge on any atom is -0.371 e. The van der Waals surface area contributed by atoms with Crippen molar-refractivity contribution in [2.75, 3.05) is 43.4 Å². The van der Waals surface area contributed by atoms with E-state index in [1.165, 1.54) is 17.4 Å². The Morgan fingerprint density at radius 1 is 1.27 bits per heavy atom. The van der Waals surface area contributed by atoms with E-state index in [2.05, 4.69) is 34.5 Å². The predicted molar refractivity (Wildman–Crippen MR) is 89.2 cm³/mol. The van der Waals surface area contributed by atoms with Crippen LogP contribution in [0.4, 0.5) is 10.5 Å². The molecule has 1 atom stereocenters. The van der Waals surface area contributed by atoms with Crippen LogP contribution in [0.15, 0.2) is 30.3 Å². The van der Waals surface area contributed by atoms with Crippen LogP contribution >= 0.6 is 11.8 Å². The summed E-state index contributed by atoms with van der Waals surface area (Å²) in [6.07, 6.45) is 1.09. The van der Waals surface area contributed by atoms with E-state index in [9.17, 15) is 9.59 Å². The van der Waals surface area contributed by atoms with Crippen LogP contribution in [-0.2, 0) is 4.79 Å². The molecule has 5 nitrogen and oxygen atoms in total. The van der Waals surface area contributed by atoms with Crippen LogP contribution in [-0.4, -0.2) is 54.5 Å². The Bertz CT molecular complexity index is 537. The largest absolute Gasteiger partial charge is 0.371 e. The normalized spacial score (nSPS) is 21.5. The molecule has 0 aromatic heterocycles. The summed E-state index contributed by atoms with van der Waals surface area (Å²) in [5.74, 6) is 1.22. The van der Waals surface area contributed by atoms with Crippen LogP contribution in [0, 0.1) is 5.92 Å². The number of carbonyl (C=O) groups is 2. The fraction of sp³-hybridized carbons (Fsp3) is 0.500. The molecule has 2 heterocycles. The van der Waals surface area contributed by atoms with E-state index >= 15 is 0 Å². The van der Waals surface area contributed by atoms with Crippen molar-refractivity contribution < 1.29 is 9.59 Å². The molecule has 0 aliphatic carbocycles. The highest BCUT2D eigenvalue weighted by molar-refractivity contribution is 8.13. The third-order valence-corrected chi connectivity index (χ3v) is 5.07. The van der Waals surface area contributed by atoms with Gasteiger partial charge in [-0.3, -0.25) is 9.59 Å². The van der Waals surface area contributed by atoms with Crippen molar-refractivity contribution >= 4 is 28.6 Å². The zero-order valence-corrected chi connectivity index (χ0v) is 13.3. The van der Waals surface area contributed by atoms with Crippen molar-refractivity contribution in [1.82, 2.24) is 10.2 Å². The van der Waals surface area contributed by atoms with E-state index in [0.29, 0.717) is 19.0 Å². The number of hydrogen-bond acceptors (Lipinski definition) is 4. The number of anilines is 1. The lowest BCUT2D eigenvalue weighted by molar-refractivity contribution is -0.121. The minimum absolute atomic E-state index is 0.0197. The summed E-state index contributed by atoms with van der Waals surface area (Å²) in [4.78, 5) is 27.4. The van der Waals surface area contributed by atoms with E-state index in [1.807, 2.05) is 6.07 Å². The highest BCUT2D eigenvalue weighted by atomic mass is 32.2. The second kappa shape index (κ2) is 7.05. The number of hydrogen-bond donors (Lipinski definition) is 1. The van der Waals surface area contributed by atoms with Crippen molar-refractivity contribution in [3.05, 3.63) is 30.3 Å². The molecule has 1 aromatic rings. The zero-order valence-electron chi connectivity index (χ0n) is 12.5. The number of carbonyl (C=O) groups excluding carboxylic acids is 2. The SMILES string of the molecule is O=C(CN1CCSC1=O)NC[C@H]1CCN(c2ccccc2)C1. The lowest BCUT2D eigenvalue weighted by Crippen LogP contribution is -2.39. The molecule has 0 spiro atoms. The molecule has 0 unspecified atom stereocenters. The Hall–Kier alpha value is -1.69. The Morgan fingerprint density at radius 2 is 2.09 bits per heavy atom. The quantitative estimate of drug-likeness (QED) is 0.899. The van der Waals surface area contributed by atoms with Gasteiger partial charge in [-0.15, -0.1) is 0 Å². The number of nitrogens with one attached hydrogen (secondary N) is 1. The maximum absolute atomic E-state index is 11.9. The topological polar surface area (TPSA) is 52.7 Å². The summed E-state index contributed by atoms with van der Waals surface area (Å²) in [5, 5.41) is 3.00. The summed E-state index contributed by atoms with van der Waals surface area (Å²) in [5.41, 5.74) is 1.25. The molecule has 1 N–H and O–H groups in total. The standard InChI is InChI=1S/C16H21N3O2S/c20-15(12-19-8-9-22-16(19)21)17-10-13-6-7-18(11-13)14-4-2-1-3-5-14/h1-5,13H,6-12H2,(H,17,20)/t13-/m1/s1. The Kier molecular flexibility index (Phi) is 4.87. The first-order chi connectivity index (χ1) is 10.7. The molecule has 2 aliphatic rings. The summed E-state index contributed by atoms with van der Waals surface area (Å²) in [7, 11) is 0. The third kappa shape index (κ3) is 3.74. The first-order valence-corrected chi connectivity index (χ1v) is 8.69. The van der Waals surface area contributed by atoms with Gasteiger partial charge in [-0.1, -0.05) is 30.0 Å². The highest BCUT2D eigenvalue weighted by Gasteiger charge is 2.25. The molecule has 0 saturated carbocycles. The van der Waals surface area contributed by atoms with E-state index < -0.39 is 0 Å². The molecule has 0 bridgehead atoms. The molecule has 1 aromatic carbocycles. The zero-order chi connectivity index (χ0) is 15.4. The van der Waals surface area contributed by atoms with Crippen molar-refractivity contribution in [3.8, 4) is 0 Å². The molecular weight excluding hydrogens is 298 g/mol. The summed E-state index contributed by atoms with van der Waals surface area (Å²) in [6.45, 7) is 3.58. The van der Waals surface area contributed by atoms with Gasteiger partial charge in [-0.2, -0.15) is 0 Å². The second-order valence-electron chi connectivity index (χ2n) is 5.78. The Labute approximate surface area is 135 Å². The van der Waals surface area contributed by atoms with Crippen molar-refractivity contribution in [1.29, 1.82) is 0 Å². The van der Waals surface area contributed by atoms with E-state index in [1.54, 1.807) is 4.90 Å². The third-order valence-electron chi connectivity index (χ3n) is 4.17. The van der Waals surface area contributed by atoms with Gasteiger partial charge in [0.25, 0.3) is 5.24 Å². The van der Waals surface area contributed by atoms with Gasteiger partial charge in [0.15, 0.2) is 0 Å². The number of nitrogens with zero attached hydrogens (tertiary/aromatic N) is 2. The maximum Gasteiger partial charge on any atom is 0.282 e. The van der Waals surface area contributed by atoms with Crippen molar-refractivity contribution in [3.63, 3.8) is 0 Å². The number of amides is 2. The fourth-order valence-electron chi connectivity index (χ4n) is 2.93. The van der Waals surface area contributed by atoms with E-state index in [4.69, 9.17) is 0 Å². The lowest BCUT2D eigenvalue weighted by Gasteiger charge is -2.19. The van der Waals surface area contributed by atoms with Crippen LogP contribution in [0.3, 0.4) is 0 Å². The molecule has 6 heteroatoms. The Balaban J connectivity index is 1.41. The average Bonchev–Trinajstić information content (AvgIpc) is 3.16. The molecular formula is C16H21N3O2S. The monoisotopic (exact) mass is 319 g/mol. The van der Waals surface area contributed by atoms with Crippen LogP contribution in [0.5, 0.6) is 0 Å². The number of benzene rings is 1. The van der Waals surface area contributed by atoms with Gasteiger partial charge in [0.2, 0.25) is 5.91 Å². The molecule has 2 amide bonds.